The summed E-state index contributed by atoms with van der Waals surface area (Å²) in [5.41, 5.74) is 7.66. The summed E-state index contributed by atoms with van der Waals surface area (Å²) in [5.74, 6) is -27.2. The van der Waals surface area contributed by atoms with Crippen molar-refractivity contribution in [2.75, 3.05) is 0 Å². The van der Waals surface area contributed by atoms with Gasteiger partial charge in [-0.2, -0.15) is 30.7 Å². The van der Waals surface area contributed by atoms with E-state index in [0.29, 0.717) is 0 Å². The first-order chi connectivity index (χ1) is 7.44. The Labute approximate surface area is 86.5 Å². The maximum atomic E-state index is 13.0. The second kappa shape index (κ2) is 3.22. The van der Waals surface area contributed by atoms with Gasteiger partial charge in [-0.25, -0.2) is 9.38 Å². The van der Waals surface area contributed by atoms with Crippen LogP contribution in [0.3, 0.4) is 0 Å². The summed E-state index contributed by atoms with van der Waals surface area (Å²) >= 11 is 0. The van der Waals surface area contributed by atoms with Gasteiger partial charge in [-0.05, 0) is 10.6 Å². The largest absolute Gasteiger partial charge is 0.385 e. The van der Waals surface area contributed by atoms with Crippen LogP contribution >= 0.6 is 0 Å². The molecule has 17 heavy (non-hydrogen) atoms. The van der Waals surface area contributed by atoms with Gasteiger partial charge in [0.15, 0.2) is 0 Å². The molecule has 96 valence electrons. The number of hydrogen-bond acceptors (Lipinski definition) is 2. The third kappa shape index (κ3) is 1.36. The molecule has 0 saturated heterocycles. The smallest absolute Gasteiger partial charge is 0.205 e. The van der Waals surface area contributed by atoms with Crippen molar-refractivity contribution < 1.29 is 35.1 Å². The van der Waals surface area contributed by atoms with Crippen molar-refractivity contribution >= 4 is 5.97 Å². The fraction of sp³-hybridized carbons (Fsp3) is 0.800. The molecule has 0 radical (unpaired) electrons. The molecule has 0 aromatic carbocycles. The third-order valence-electron chi connectivity index (χ3n) is 1.87. The van der Waals surface area contributed by atoms with Crippen LogP contribution in [0.15, 0.2) is 10.1 Å². The lowest BCUT2D eigenvalue weighted by atomic mass is 9.98. The normalized spacial score (nSPS) is 33.5. The molecule has 0 bridgehead atoms. The van der Waals surface area contributed by atoms with E-state index in [2.05, 4.69) is 0 Å². The highest BCUT2D eigenvalue weighted by molar-refractivity contribution is 5.85. The molecule has 1 aliphatic rings. The van der Waals surface area contributed by atoms with Crippen molar-refractivity contribution in [3.05, 3.63) is 10.4 Å². The van der Waals surface area contributed by atoms with Crippen LogP contribution < -0.4 is 0 Å². The van der Waals surface area contributed by atoms with E-state index in [1.807, 2.05) is 0 Å². The summed E-state index contributed by atoms with van der Waals surface area (Å²) in [6.45, 7) is 0. The molecule has 0 spiro atoms. The zero-order valence-corrected chi connectivity index (χ0v) is 7.31. The highest BCUT2D eigenvalue weighted by atomic mass is 19.4. The Bertz CT molecular complexity index is 424. The first-order valence-corrected chi connectivity index (χ1v) is 3.58. The molecule has 0 amide bonds. The molecule has 0 fully saturated rings. The van der Waals surface area contributed by atoms with Gasteiger partial charge in [0.1, 0.15) is 0 Å². The van der Waals surface area contributed by atoms with Gasteiger partial charge in [0, 0.05) is 4.91 Å². The summed E-state index contributed by atoms with van der Waals surface area (Å²) in [4.78, 5) is 2.78. The maximum Gasteiger partial charge on any atom is 0.385 e. The Morgan fingerprint density at radius 3 is 1.88 bits per heavy atom. The van der Waals surface area contributed by atoms with Gasteiger partial charge in [-0.3, -0.25) is 0 Å². The summed E-state index contributed by atoms with van der Waals surface area (Å²) in [6.07, 6.45) is 0. The molecule has 1 aliphatic heterocycles. The Balaban J connectivity index is 3.62. The van der Waals surface area contributed by atoms with E-state index in [1.165, 1.54) is 15.0 Å². The van der Waals surface area contributed by atoms with Crippen LogP contribution in [0.1, 0.15) is 0 Å². The number of aliphatic imine (C=N–C) groups is 1. The van der Waals surface area contributed by atoms with Crippen LogP contribution in [0, 0.1) is 0 Å². The van der Waals surface area contributed by atoms with E-state index in [0.717, 1.165) is 0 Å². The van der Waals surface area contributed by atoms with Crippen LogP contribution in [-0.2, 0) is 0 Å². The van der Waals surface area contributed by atoms with Crippen molar-refractivity contribution in [1.82, 2.24) is 0 Å². The molecular weight excluding hydrogens is 268 g/mol. The van der Waals surface area contributed by atoms with E-state index in [9.17, 15) is 35.1 Å². The standard InChI is InChI=1S/C5F8N4/c6-1-2(7,8)3(9,10)4(11,12)5(13,15-1)16-17-14. The van der Waals surface area contributed by atoms with Gasteiger partial charge in [0.05, 0.1) is 0 Å². The van der Waals surface area contributed by atoms with E-state index >= 15 is 0 Å². The van der Waals surface area contributed by atoms with Crippen LogP contribution in [0.5, 0.6) is 0 Å². The minimum Gasteiger partial charge on any atom is -0.205 e. The average molecular weight is 268 g/mol. The lowest BCUT2D eigenvalue weighted by Crippen LogP contribution is -2.67. The number of azide groups is 1. The summed E-state index contributed by atoms with van der Waals surface area (Å²) < 4.78 is 101. The van der Waals surface area contributed by atoms with Gasteiger partial charge in [0.2, 0.25) is 0 Å². The molecule has 4 nitrogen and oxygen atoms in total. The highest BCUT2D eigenvalue weighted by Gasteiger charge is 2.85. The van der Waals surface area contributed by atoms with E-state index in [1.54, 1.807) is 0 Å². The fourth-order valence-corrected chi connectivity index (χ4v) is 0.941. The number of halogens is 8. The summed E-state index contributed by atoms with van der Waals surface area (Å²) in [5, 5.41) is 1.50. The van der Waals surface area contributed by atoms with Crippen molar-refractivity contribution in [2.45, 2.75) is 23.7 Å². The number of alkyl halides is 7. The molecule has 0 N–H and O–H groups in total. The van der Waals surface area contributed by atoms with E-state index in [4.69, 9.17) is 5.53 Å². The van der Waals surface area contributed by atoms with Crippen molar-refractivity contribution in [2.24, 2.45) is 10.1 Å². The predicted octanol–water partition coefficient (Wildman–Crippen LogP) is 3.21. The maximum absolute atomic E-state index is 13.0. The Kier molecular flexibility index (Phi) is 2.55. The van der Waals surface area contributed by atoms with Crippen LogP contribution in [0.2, 0.25) is 0 Å². The molecule has 0 aliphatic carbocycles. The average Bonchev–Trinajstić information content (AvgIpc) is 2.15. The van der Waals surface area contributed by atoms with Gasteiger partial charge in [0.25, 0.3) is 5.97 Å². The van der Waals surface area contributed by atoms with Gasteiger partial charge >= 0.3 is 23.7 Å². The fourth-order valence-electron chi connectivity index (χ4n) is 0.941. The molecule has 1 unspecified atom stereocenters. The van der Waals surface area contributed by atoms with Crippen LogP contribution in [0.25, 0.3) is 10.4 Å². The Morgan fingerprint density at radius 1 is 1.00 bits per heavy atom. The second-order valence-corrected chi connectivity index (χ2v) is 2.90. The van der Waals surface area contributed by atoms with Gasteiger partial charge in [-0.1, -0.05) is 0 Å². The monoisotopic (exact) mass is 268 g/mol. The van der Waals surface area contributed by atoms with Crippen LogP contribution in [-0.4, -0.2) is 29.6 Å². The zero-order valence-electron chi connectivity index (χ0n) is 7.31. The number of nitrogens with zero attached hydrogens (tertiary/aromatic N) is 4. The predicted molar refractivity (Wildman–Crippen MR) is 36.4 cm³/mol. The molecule has 1 atom stereocenters. The summed E-state index contributed by atoms with van der Waals surface area (Å²) in [6, 6.07) is 0. The SMILES string of the molecule is [N-]=[N+]=NC1(F)N=C(F)C(F)(F)C(F)(F)C1(F)F. The zero-order chi connectivity index (χ0) is 13.7. The Morgan fingerprint density at radius 2 is 1.47 bits per heavy atom. The lowest BCUT2D eigenvalue weighted by molar-refractivity contribution is -0.333. The van der Waals surface area contributed by atoms with E-state index < -0.39 is 29.6 Å². The minimum atomic E-state index is -6.44. The van der Waals surface area contributed by atoms with Crippen molar-refractivity contribution in [3.63, 3.8) is 0 Å². The molecule has 1 heterocycles. The van der Waals surface area contributed by atoms with Crippen LogP contribution in [0.4, 0.5) is 35.1 Å². The third-order valence-corrected chi connectivity index (χ3v) is 1.87. The lowest BCUT2D eigenvalue weighted by Gasteiger charge is -2.39. The molecule has 0 aromatic rings. The first kappa shape index (κ1) is 13.5. The molecule has 12 heteroatoms. The van der Waals surface area contributed by atoms with Crippen molar-refractivity contribution in [3.8, 4) is 0 Å². The summed E-state index contributed by atoms with van der Waals surface area (Å²) in [7, 11) is 0. The number of rotatable bonds is 1. The van der Waals surface area contributed by atoms with Crippen molar-refractivity contribution in [1.29, 1.82) is 0 Å². The van der Waals surface area contributed by atoms with Gasteiger partial charge in [-0.15, -0.1) is 0 Å². The Hall–Kier alpha value is -1.58. The highest BCUT2D eigenvalue weighted by Crippen LogP contribution is 2.56. The first-order valence-electron chi connectivity index (χ1n) is 3.58. The van der Waals surface area contributed by atoms with E-state index in [-0.39, 0.29) is 0 Å². The topological polar surface area (TPSA) is 61.1 Å². The number of hydrogen-bond donors (Lipinski definition) is 0. The molecular formula is C5F8N4. The minimum absolute atomic E-state index is 1.39. The molecule has 0 aromatic heterocycles. The quantitative estimate of drug-likeness (QED) is 0.230. The second-order valence-electron chi connectivity index (χ2n) is 2.90. The van der Waals surface area contributed by atoms with Gasteiger partial charge < -0.3 is 0 Å². The molecule has 1 rings (SSSR count). The molecule has 0 saturated carbocycles.